The van der Waals surface area contributed by atoms with Gasteiger partial charge in [0.2, 0.25) is 0 Å². The molecule has 0 heterocycles. The predicted molar refractivity (Wildman–Crippen MR) is 78.0 cm³/mol. The van der Waals surface area contributed by atoms with Crippen molar-refractivity contribution < 1.29 is 14.3 Å². The Kier molecular flexibility index (Phi) is 4.48. The summed E-state index contributed by atoms with van der Waals surface area (Å²) in [4.78, 5) is 12.1. The fourth-order valence-corrected chi connectivity index (χ4v) is 2.08. The number of carbonyl (C=O) groups excluding carboxylic acids is 1. The van der Waals surface area contributed by atoms with Crippen LogP contribution in [0, 0.1) is 0 Å². The molecule has 0 aromatic heterocycles. The van der Waals surface area contributed by atoms with Gasteiger partial charge in [-0.1, -0.05) is 41.9 Å². The van der Waals surface area contributed by atoms with Crippen LogP contribution in [0.3, 0.4) is 0 Å². The molecule has 0 aliphatic rings. The standard InChI is InChI=1S/C15H14ClNO3/c1-19-14-12(7-11(17)8-13(14)16)15(18)20-9-10-5-3-2-4-6-10/h2-8H,9,17H2,1H3. The van der Waals surface area contributed by atoms with E-state index < -0.39 is 5.97 Å². The van der Waals surface area contributed by atoms with Crippen molar-refractivity contribution in [3.63, 3.8) is 0 Å². The first kappa shape index (κ1) is 14.2. The second-order valence-electron chi connectivity index (χ2n) is 4.15. The highest BCUT2D eigenvalue weighted by atomic mass is 35.5. The fourth-order valence-electron chi connectivity index (χ4n) is 1.77. The molecule has 0 radical (unpaired) electrons. The lowest BCUT2D eigenvalue weighted by Crippen LogP contribution is -2.08. The Morgan fingerprint density at radius 1 is 1.25 bits per heavy atom. The summed E-state index contributed by atoms with van der Waals surface area (Å²) in [7, 11) is 1.44. The van der Waals surface area contributed by atoms with Gasteiger partial charge in [0, 0.05) is 5.69 Å². The lowest BCUT2D eigenvalue weighted by molar-refractivity contribution is 0.0469. The summed E-state index contributed by atoms with van der Waals surface area (Å²) >= 11 is 5.98. The molecular formula is C15H14ClNO3. The molecule has 0 atom stereocenters. The second-order valence-corrected chi connectivity index (χ2v) is 4.55. The topological polar surface area (TPSA) is 61.5 Å². The van der Waals surface area contributed by atoms with Gasteiger partial charge < -0.3 is 15.2 Å². The number of carbonyl (C=O) groups is 1. The molecule has 0 aliphatic carbocycles. The van der Waals surface area contributed by atoms with E-state index >= 15 is 0 Å². The van der Waals surface area contributed by atoms with E-state index in [9.17, 15) is 4.79 Å². The van der Waals surface area contributed by atoms with E-state index in [1.807, 2.05) is 30.3 Å². The number of nitrogen functional groups attached to an aromatic ring is 1. The molecule has 5 heteroatoms. The molecule has 20 heavy (non-hydrogen) atoms. The molecule has 0 bridgehead atoms. The van der Waals surface area contributed by atoms with Crippen LogP contribution in [-0.2, 0) is 11.3 Å². The van der Waals surface area contributed by atoms with Gasteiger partial charge in [-0.15, -0.1) is 0 Å². The zero-order valence-electron chi connectivity index (χ0n) is 10.9. The van der Waals surface area contributed by atoms with Gasteiger partial charge in [0.05, 0.1) is 12.1 Å². The minimum atomic E-state index is -0.528. The van der Waals surface area contributed by atoms with E-state index in [-0.39, 0.29) is 22.9 Å². The maximum atomic E-state index is 12.1. The Labute approximate surface area is 122 Å². The molecule has 2 aromatic carbocycles. The molecular weight excluding hydrogens is 278 g/mol. The Morgan fingerprint density at radius 2 is 1.95 bits per heavy atom. The number of hydrogen-bond acceptors (Lipinski definition) is 4. The molecule has 2 N–H and O–H groups in total. The summed E-state index contributed by atoms with van der Waals surface area (Å²) in [5, 5.41) is 0.277. The highest BCUT2D eigenvalue weighted by Gasteiger charge is 2.17. The molecule has 2 rings (SSSR count). The molecule has 4 nitrogen and oxygen atoms in total. The van der Waals surface area contributed by atoms with E-state index in [4.69, 9.17) is 26.8 Å². The van der Waals surface area contributed by atoms with Crippen molar-refractivity contribution in [1.82, 2.24) is 0 Å². The van der Waals surface area contributed by atoms with Crippen LogP contribution in [0.15, 0.2) is 42.5 Å². The quantitative estimate of drug-likeness (QED) is 0.693. The third kappa shape index (κ3) is 3.22. The summed E-state index contributed by atoms with van der Waals surface area (Å²) in [5.41, 5.74) is 7.17. The number of esters is 1. The van der Waals surface area contributed by atoms with Gasteiger partial charge in [-0.25, -0.2) is 4.79 Å². The van der Waals surface area contributed by atoms with Crippen molar-refractivity contribution in [3.8, 4) is 5.75 Å². The Balaban J connectivity index is 2.17. The van der Waals surface area contributed by atoms with E-state index in [1.54, 1.807) is 0 Å². The van der Waals surface area contributed by atoms with Gasteiger partial charge in [0.15, 0.2) is 5.75 Å². The number of methoxy groups -OCH3 is 1. The van der Waals surface area contributed by atoms with E-state index in [0.717, 1.165) is 5.56 Å². The summed E-state index contributed by atoms with van der Waals surface area (Å²) < 4.78 is 10.3. The number of ether oxygens (including phenoxy) is 2. The van der Waals surface area contributed by atoms with Crippen LogP contribution in [0.25, 0.3) is 0 Å². The summed E-state index contributed by atoms with van der Waals surface area (Å²) in [6.07, 6.45) is 0. The lowest BCUT2D eigenvalue weighted by Gasteiger charge is -2.11. The van der Waals surface area contributed by atoms with Gasteiger partial charge in [0.1, 0.15) is 12.2 Å². The highest BCUT2D eigenvalue weighted by molar-refractivity contribution is 6.33. The third-order valence-corrected chi connectivity index (χ3v) is 2.98. The number of anilines is 1. The first-order valence-corrected chi connectivity index (χ1v) is 6.33. The van der Waals surface area contributed by atoms with Crippen LogP contribution in [-0.4, -0.2) is 13.1 Å². The van der Waals surface area contributed by atoms with Gasteiger partial charge in [-0.05, 0) is 17.7 Å². The SMILES string of the molecule is COc1c(Cl)cc(N)cc1C(=O)OCc1ccccc1. The molecule has 0 spiro atoms. The van der Waals surface area contributed by atoms with Crippen molar-refractivity contribution in [2.24, 2.45) is 0 Å². The first-order valence-electron chi connectivity index (χ1n) is 5.96. The molecule has 0 unspecified atom stereocenters. The predicted octanol–water partition coefficient (Wildman–Crippen LogP) is 3.29. The van der Waals surface area contributed by atoms with E-state index in [0.29, 0.717) is 5.69 Å². The fraction of sp³-hybridized carbons (Fsp3) is 0.133. The number of benzene rings is 2. The summed E-state index contributed by atoms with van der Waals surface area (Å²) in [6.45, 7) is 0.176. The maximum absolute atomic E-state index is 12.1. The van der Waals surface area contributed by atoms with Crippen LogP contribution >= 0.6 is 11.6 Å². The molecule has 0 aliphatic heterocycles. The normalized spacial score (nSPS) is 10.1. The van der Waals surface area contributed by atoms with Crippen molar-refractivity contribution in [3.05, 3.63) is 58.6 Å². The molecule has 0 saturated carbocycles. The van der Waals surface area contributed by atoms with Crippen LogP contribution < -0.4 is 10.5 Å². The average Bonchev–Trinajstić information content (AvgIpc) is 2.45. The molecule has 0 amide bonds. The monoisotopic (exact) mass is 291 g/mol. The zero-order chi connectivity index (χ0) is 14.5. The number of halogens is 1. The Hall–Kier alpha value is -2.20. The van der Waals surface area contributed by atoms with Crippen LogP contribution in [0.1, 0.15) is 15.9 Å². The minimum absolute atomic E-state index is 0.176. The largest absolute Gasteiger partial charge is 0.494 e. The third-order valence-electron chi connectivity index (χ3n) is 2.70. The van der Waals surface area contributed by atoms with E-state index in [2.05, 4.69) is 0 Å². The summed E-state index contributed by atoms with van der Waals surface area (Å²) in [6, 6.07) is 12.4. The number of hydrogen-bond donors (Lipinski definition) is 1. The van der Waals surface area contributed by atoms with Crippen molar-refractivity contribution >= 4 is 23.3 Å². The van der Waals surface area contributed by atoms with Crippen LogP contribution in [0.2, 0.25) is 5.02 Å². The van der Waals surface area contributed by atoms with Crippen molar-refractivity contribution in [1.29, 1.82) is 0 Å². The van der Waals surface area contributed by atoms with Gasteiger partial charge in [-0.2, -0.15) is 0 Å². The van der Waals surface area contributed by atoms with E-state index in [1.165, 1.54) is 19.2 Å². The van der Waals surface area contributed by atoms with Crippen LogP contribution in [0.5, 0.6) is 5.75 Å². The smallest absolute Gasteiger partial charge is 0.342 e. The van der Waals surface area contributed by atoms with Gasteiger partial charge in [-0.3, -0.25) is 0 Å². The van der Waals surface area contributed by atoms with Crippen molar-refractivity contribution in [2.75, 3.05) is 12.8 Å². The van der Waals surface area contributed by atoms with Gasteiger partial charge in [0.25, 0.3) is 0 Å². The van der Waals surface area contributed by atoms with Crippen LogP contribution in [0.4, 0.5) is 5.69 Å². The summed E-state index contributed by atoms with van der Waals surface area (Å²) in [5.74, 6) is -0.265. The zero-order valence-corrected chi connectivity index (χ0v) is 11.7. The maximum Gasteiger partial charge on any atom is 0.342 e. The highest BCUT2D eigenvalue weighted by Crippen LogP contribution is 2.31. The molecule has 0 fully saturated rings. The lowest BCUT2D eigenvalue weighted by atomic mass is 10.1. The number of rotatable bonds is 4. The number of nitrogens with two attached hydrogens (primary N) is 1. The molecule has 2 aromatic rings. The Bertz CT molecular complexity index is 614. The second kappa shape index (κ2) is 6.30. The van der Waals surface area contributed by atoms with Crippen molar-refractivity contribution in [2.45, 2.75) is 6.61 Å². The van der Waals surface area contributed by atoms with Gasteiger partial charge >= 0.3 is 5.97 Å². The molecule has 0 saturated heterocycles. The molecule has 104 valence electrons. The average molecular weight is 292 g/mol. The Morgan fingerprint density at radius 3 is 2.60 bits per heavy atom. The first-order chi connectivity index (χ1) is 9.61. The minimum Gasteiger partial charge on any atom is -0.494 e.